The number of hydrogen-bond acceptors (Lipinski definition) is 7. The summed E-state index contributed by atoms with van der Waals surface area (Å²) in [6.45, 7) is 5.84. The minimum Gasteiger partial charge on any atom is -0.350 e. The van der Waals surface area contributed by atoms with E-state index in [1.807, 2.05) is 29.3 Å². The summed E-state index contributed by atoms with van der Waals surface area (Å²) in [6, 6.07) is 5.43. The Labute approximate surface area is 152 Å². The van der Waals surface area contributed by atoms with Crippen LogP contribution >= 0.6 is 22.7 Å². The Morgan fingerprint density at radius 2 is 2.28 bits per heavy atom. The quantitative estimate of drug-likeness (QED) is 0.677. The van der Waals surface area contributed by atoms with Gasteiger partial charge in [-0.1, -0.05) is 24.3 Å². The summed E-state index contributed by atoms with van der Waals surface area (Å²) in [4.78, 5) is 32.1. The zero-order valence-corrected chi connectivity index (χ0v) is 15.7. The predicted octanol–water partition coefficient (Wildman–Crippen LogP) is 1.66. The zero-order valence-electron chi connectivity index (χ0n) is 14.1. The molecule has 132 valence electrons. The molecule has 3 aromatic heterocycles. The first-order valence-electron chi connectivity index (χ1n) is 7.93. The maximum Gasteiger partial charge on any atom is 0.275 e. The summed E-state index contributed by atoms with van der Waals surface area (Å²) in [5.74, 6) is -0.0255. The van der Waals surface area contributed by atoms with Crippen molar-refractivity contribution in [1.82, 2.24) is 24.8 Å². The first kappa shape index (κ1) is 17.7. The van der Waals surface area contributed by atoms with Gasteiger partial charge >= 0.3 is 0 Å². The molecule has 0 aliphatic heterocycles. The van der Waals surface area contributed by atoms with Gasteiger partial charge in [0, 0.05) is 16.6 Å². The second-order valence-electron chi connectivity index (χ2n) is 5.59. The molecule has 0 spiro atoms. The first-order chi connectivity index (χ1) is 12.0. The van der Waals surface area contributed by atoms with Gasteiger partial charge in [-0.3, -0.25) is 14.5 Å². The Kier molecular flexibility index (Phi) is 5.57. The molecule has 0 saturated carbocycles. The van der Waals surface area contributed by atoms with Gasteiger partial charge in [0.2, 0.25) is 10.9 Å². The minimum atomic E-state index is -0.179. The van der Waals surface area contributed by atoms with E-state index in [2.05, 4.69) is 15.4 Å². The van der Waals surface area contributed by atoms with Crippen molar-refractivity contribution < 1.29 is 4.79 Å². The van der Waals surface area contributed by atoms with Gasteiger partial charge in [-0.2, -0.15) is 9.61 Å². The highest BCUT2D eigenvalue weighted by atomic mass is 32.1. The Balaban J connectivity index is 1.62. The smallest absolute Gasteiger partial charge is 0.275 e. The molecule has 9 heteroatoms. The molecule has 3 rings (SSSR count). The van der Waals surface area contributed by atoms with Crippen LogP contribution in [-0.2, 0) is 17.9 Å². The summed E-state index contributed by atoms with van der Waals surface area (Å²) < 4.78 is 1.32. The van der Waals surface area contributed by atoms with Gasteiger partial charge in [0.25, 0.3) is 5.56 Å². The normalized spacial score (nSPS) is 11.3. The first-order valence-corrected chi connectivity index (χ1v) is 9.62. The average Bonchev–Trinajstić information content (AvgIpc) is 3.21. The fourth-order valence-corrected chi connectivity index (χ4v) is 3.98. The van der Waals surface area contributed by atoms with E-state index in [0.29, 0.717) is 36.8 Å². The molecule has 1 amide bonds. The molecule has 1 N–H and O–H groups in total. The SMILES string of the molecule is CCN(CC(=O)NCc1cccs1)Cc1nn2c(=O)cc(C)nc2s1. The third kappa shape index (κ3) is 4.50. The van der Waals surface area contributed by atoms with Crippen LogP contribution in [0.4, 0.5) is 0 Å². The molecule has 0 radical (unpaired) electrons. The molecule has 0 bridgehead atoms. The van der Waals surface area contributed by atoms with Crippen LogP contribution in [0, 0.1) is 6.92 Å². The second kappa shape index (κ2) is 7.85. The van der Waals surface area contributed by atoms with Crippen molar-refractivity contribution in [3.63, 3.8) is 0 Å². The number of rotatable bonds is 7. The zero-order chi connectivity index (χ0) is 17.8. The van der Waals surface area contributed by atoms with Crippen molar-refractivity contribution in [1.29, 1.82) is 0 Å². The number of aromatic nitrogens is 3. The lowest BCUT2D eigenvalue weighted by atomic mass is 10.4. The van der Waals surface area contributed by atoms with E-state index in [9.17, 15) is 9.59 Å². The largest absolute Gasteiger partial charge is 0.350 e. The number of nitrogens with one attached hydrogen (secondary N) is 1. The molecule has 25 heavy (non-hydrogen) atoms. The lowest BCUT2D eigenvalue weighted by Crippen LogP contribution is -2.36. The Morgan fingerprint density at radius 1 is 1.44 bits per heavy atom. The Bertz CT molecular complexity index is 916. The molecule has 0 fully saturated rings. The van der Waals surface area contributed by atoms with Crippen LogP contribution in [0.2, 0.25) is 0 Å². The van der Waals surface area contributed by atoms with Crippen LogP contribution in [0.15, 0.2) is 28.4 Å². The molecule has 0 unspecified atom stereocenters. The number of hydrogen-bond donors (Lipinski definition) is 1. The number of carbonyl (C=O) groups excluding carboxylic acids is 1. The van der Waals surface area contributed by atoms with Gasteiger partial charge in [0.15, 0.2) is 0 Å². The van der Waals surface area contributed by atoms with Gasteiger partial charge in [-0.25, -0.2) is 4.98 Å². The lowest BCUT2D eigenvalue weighted by Gasteiger charge is -2.18. The van der Waals surface area contributed by atoms with Gasteiger partial charge in [0.1, 0.15) is 5.01 Å². The Morgan fingerprint density at radius 3 is 3.00 bits per heavy atom. The highest BCUT2D eigenvalue weighted by Gasteiger charge is 2.14. The van der Waals surface area contributed by atoms with Crippen molar-refractivity contribution in [3.8, 4) is 0 Å². The maximum atomic E-state index is 12.1. The van der Waals surface area contributed by atoms with Gasteiger partial charge in [-0.15, -0.1) is 11.3 Å². The standard InChI is InChI=1S/C16H19N5O2S2/c1-3-20(9-13(22)17-8-12-5-4-6-24-12)10-14-19-21-15(23)7-11(2)18-16(21)25-14/h4-7H,3,8-10H2,1-2H3,(H,17,22). The fourth-order valence-electron chi connectivity index (χ4n) is 2.35. The number of amides is 1. The molecule has 0 aliphatic carbocycles. The van der Waals surface area contributed by atoms with Crippen LogP contribution in [0.5, 0.6) is 0 Å². The van der Waals surface area contributed by atoms with Crippen molar-refractivity contribution in [3.05, 3.63) is 49.5 Å². The molecule has 3 heterocycles. The summed E-state index contributed by atoms with van der Waals surface area (Å²) in [7, 11) is 0. The highest BCUT2D eigenvalue weighted by molar-refractivity contribution is 7.16. The van der Waals surface area contributed by atoms with E-state index in [4.69, 9.17) is 0 Å². The molecule has 0 aromatic carbocycles. The lowest BCUT2D eigenvalue weighted by molar-refractivity contribution is -0.122. The summed E-state index contributed by atoms with van der Waals surface area (Å²) in [5, 5.41) is 10.0. The number of carbonyl (C=O) groups is 1. The van der Waals surface area contributed by atoms with E-state index in [1.165, 1.54) is 21.9 Å². The van der Waals surface area contributed by atoms with Crippen LogP contribution in [-0.4, -0.2) is 38.5 Å². The molecule has 0 atom stereocenters. The number of nitrogens with zero attached hydrogens (tertiary/aromatic N) is 4. The molecular weight excluding hydrogens is 358 g/mol. The molecular formula is C16H19N5O2S2. The number of likely N-dealkylation sites (N-methyl/N-ethyl adjacent to an activating group) is 1. The van der Waals surface area contributed by atoms with Crippen LogP contribution in [0.3, 0.4) is 0 Å². The third-order valence-corrected chi connectivity index (χ3v) is 5.40. The van der Waals surface area contributed by atoms with Crippen LogP contribution in [0.25, 0.3) is 4.96 Å². The maximum absolute atomic E-state index is 12.1. The van der Waals surface area contributed by atoms with Gasteiger partial charge < -0.3 is 5.32 Å². The summed E-state index contributed by atoms with van der Waals surface area (Å²) >= 11 is 3.00. The van der Waals surface area contributed by atoms with E-state index >= 15 is 0 Å². The van der Waals surface area contributed by atoms with E-state index in [1.54, 1.807) is 18.3 Å². The molecule has 0 saturated heterocycles. The number of aryl methyl sites for hydroxylation is 1. The van der Waals surface area contributed by atoms with Gasteiger partial charge in [-0.05, 0) is 24.9 Å². The monoisotopic (exact) mass is 377 g/mol. The van der Waals surface area contributed by atoms with Crippen molar-refractivity contribution in [2.24, 2.45) is 0 Å². The molecule has 0 aliphatic rings. The van der Waals surface area contributed by atoms with Crippen molar-refractivity contribution in [2.75, 3.05) is 13.1 Å². The van der Waals surface area contributed by atoms with Crippen molar-refractivity contribution >= 4 is 33.5 Å². The van der Waals surface area contributed by atoms with E-state index in [0.717, 1.165) is 9.88 Å². The number of thiophene rings is 1. The average molecular weight is 377 g/mol. The molecule has 7 nitrogen and oxygen atoms in total. The van der Waals surface area contributed by atoms with E-state index < -0.39 is 0 Å². The fraction of sp³-hybridized carbons (Fsp3) is 0.375. The molecule has 3 aromatic rings. The summed E-state index contributed by atoms with van der Waals surface area (Å²) in [5.41, 5.74) is 0.502. The van der Waals surface area contributed by atoms with Crippen LogP contribution < -0.4 is 10.9 Å². The number of fused-ring (bicyclic) bond motifs is 1. The van der Waals surface area contributed by atoms with E-state index in [-0.39, 0.29) is 11.5 Å². The predicted molar refractivity (Wildman–Crippen MR) is 99.0 cm³/mol. The highest BCUT2D eigenvalue weighted by Crippen LogP contribution is 2.13. The Hall–Kier alpha value is -2.10. The summed E-state index contributed by atoms with van der Waals surface area (Å²) in [6.07, 6.45) is 0. The van der Waals surface area contributed by atoms with Gasteiger partial charge in [0.05, 0.1) is 19.6 Å². The second-order valence-corrected chi connectivity index (χ2v) is 7.66. The van der Waals surface area contributed by atoms with Crippen molar-refractivity contribution in [2.45, 2.75) is 26.9 Å². The third-order valence-electron chi connectivity index (χ3n) is 3.63. The van der Waals surface area contributed by atoms with Crippen LogP contribution in [0.1, 0.15) is 22.5 Å². The topological polar surface area (TPSA) is 79.6 Å². The minimum absolute atomic E-state index is 0.0255.